The van der Waals surface area contributed by atoms with Gasteiger partial charge in [0.15, 0.2) is 17.9 Å². The maximum absolute atomic E-state index is 13.1. The van der Waals surface area contributed by atoms with Crippen LogP contribution in [0.3, 0.4) is 0 Å². The minimum absolute atomic E-state index is 0.130. The molecule has 0 unspecified atom stereocenters. The molecule has 2 rings (SSSR count). The Morgan fingerprint density at radius 2 is 1.55 bits per heavy atom. The number of hydrogen-bond acceptors (Lipinski definition) is 13. The molecule has 60 heavy (non-hydrogen) atoms. The van der Waals surface area contributed by atoms with Crippen LogP contribution in [0, 0.1) is 11.8 Å². The summed E-state index contributed by atoms with van der Waals surface area (Å²) in [5.74, 6) is -2.90. The van der Waals surface area contributed by atoms with Gasteiger partial charge in [-0.1, -0.05) is 104 Å². The van der Waals surface area contributed by atoms with Crippen LogP contribution >= 0.6 is 0 Å². The first-order valence-electron chi connectivity index (χ1n) is 20.2. The van der Waals surface area contributed by atoms with Crippen molar-refractivity contribution in [1.29, 1.82) is 0 Å². The lowest BCUT2D eigenvalue weighted by Crippen LogP contribution is -2.59. The summed E-state index contributed by atoms with van der Waals surface area (Å²) in [6.07, 6.45) is 17.1. The molecule has 0 aromatic rings. The monoisotopic (exact) mass is 838 g/mol. The smallest absolute Gasteiger partial charge is 0.309 e. The van der Waals surface area contributed by atoms with E-state index in [1.54, 1.807) is 121 Å². The maximum Gasteiger partial charge on any atom is 0.309 e. The molecule has 1 saturated heterocycles. The number of carbonyl (C=O) groups is 3. The summed E-state index contributed by atoms with van der Waals surface area (Å²) in [6.45, 7) is 11.8. The van der Waals surface area contributed by atoms with Gasteiger partial charge in [-0.2, -0.15) is 0 Å². The lowest BCUT2D eigenvalue weighted by molar-refractivity contribution is -0.314. The molecule has 0 bridgehead atoms. The topological polar surface area (TPSA) is 199 Å². The van der Waals surface area contributed by atoms with Gasteiger partial charge in [-0.05, 0) is 64.0 Å². The number of Topliss-reactive ketones (excluding diaryl/α,β-unsaturated/α-hetero) is 1. The molecule has 0 aliphatic carbocycles. The van der Waals surface area contributed by atoms with Crippen LogP contribution < -0.4 is 0 Å². The van der Waals surface area contributed by atoms with E-state index in [1.165, 1.54) is 44.6 Å². The molecule has 13 atom stereocenters. The summed E-state index contributed by atoms with van der Waals surface area (Å²) in [6, 6.07) is 0. The average molecular weight is 839 g/mol. The van der Waals surface area contributed by atoms with Gasteiger partial charge in [-0.25, -0.2) is 0 Å². The first-order chi connectivity index (χ1) is 28.4. The Labute approximate surface area is 355 Å². The Hall–Kier alpha value is -4.15. The molecule has 332 valence electrons. The number of aliphatic hydroxyl groups is 5. The van der Waals surface area contributed by atoms with E-state index in [4.69, 9.17) is 23.7 Å². The highest BCUT2D eigenvalue weighted by Gasteiger charge is 2.45. The number of methoxy groups -OCH3 is 2. The summed E-state index contributed by atoms with van der Waals surface area (Å²) in [5, 5.41) is 53.5. The summed E-state index contributed by atoms with van der Waals surface area (Å²) in [5.41, 5.74) is 1.59. The molecule has 0 radical (unpaired) electrons. The van der Waals surface area contributed by atoms with E-state index < -0.39 is 90.9 Å². The number of rotatable bonds is 13. The van der Waals surface area contributed by atoms with Crippen LogP contribution in [0.4, 0.5) is 0 Å². The largest absolute Gasteiger partial charge is 0.461 e. The normalized spacial score (nSPS) is 34.3. The van der Waals surface area contributed by atoms with Crippen molar-refractivity contribution in [3.05, 3.63) is 120 Å². The summed E-state index contributed by atoms with van der Waals surface area (Å²) >= 11 is 0. The fraction of sp³-hybridized carbons (Fsp3) is 0.511. The zero-order valence-electron chi connectivity index (χ0n) is 36.2. The summed E-state index contributed by atoms with van der Waals surface area (Å²) in [7, 11) is 2.90. The molecule has 0 aromatic carbocycles. The zero-order chi connectivity index (χ0) is 44.9. The molecule has 13 nitrogen and oxygen atoms in total. The molecule has 2 aliphatic rings. The molecule has 2 heterocycles. The van der Waals surface area contributed by atoms with Crippen molar-refractivity contribution < 1.29 is 63.6 Å². The van der Waals surface area contributed by atoms with E-state index in [9.17, 15) is 39.9 Å². The van der Waals surface area contributed by atoms with Crippen molar-refractivity contribution in [3.63, 3.8) is 0 Å². The molecular weight excluding hydrogens is 773 g/mol. The van der Waals surface area contributed by atoms with E-state index in [0.717, 1.165) is 0 Å². The number of aliphatic hydroxyl groups excluding tert-OH is 5. The van der Waals surface area contributed by atoms with E-state index >= 15 is 0 Å². The van der Waals surface area contributed by atoms with Crippen molar-refractivity contribution in [3.8, 4) is 0 Å². The van der Waals surface area contributed by atoms with Gasteiger partial charge in [0.25, 0.3) is 0 Å². The standard InChI is InChI=1S/C47H66O13/c1-29-20-19-21-31(3)42(53)38(50)24-17-11-10-12-18-25-40(60-41(52)27-26-30(2)39(51)28-29)33(5)43(54)32(4)36(48)22-15-13-14-16-23-37(49)34(6)58-47-46(57-9)44(55)45(56-8)35(7)59-47/h10-24,26,28,32-35,37-40,43-47,49-51,54-55H,25,27H2,1-9H3/b11-10+,14-13+,18-12+,20-19+,22-15+,23-16+,24-17+,29-28+,30-26+,31-21+/t32-,33-,34+,35-,37+,38+,39-,40+,43-,44+,45+,46-,47-/m1/s1. The summed E-state index contributed by atoms with van der Waals surface area (Å²) < 4.78 is 28.2. The van der Waals surface area contributed by atoms with Gasteiger partial charge in [0.1, 0.15) is 30.5 Å². The van der Waals surface area contributed by atoms with Crippen LogP contribution in [0.1, 0.15) is 61.3 Å². The van der Waals surface area contributed by atoms with Gasteiger partial charge >= 0.3 is 5.97 Å². The zero-order valence-corrected chi connectivity index (χ0v) is 36.2. The van der Waals surface area contributed by atoms with Gasteiger partial charge in [-0.15, -0.1) is 0 Å². The van der Waals surface area contributed by atoms with Crippen molar-refractivity contribution in [2.75, 3.05) is 14.2 Å². The molecule has 13 heteroatoms. The van der Waals surface area contributed by atoms with E-state index in [0.29, 0.717) is 16.7 Å². The predicted octanol–water partition coefficient (Wildman–Crippen LogP) is 4.82. The van der Waals surface area contributed by atoms with Gasteiger partial charge in [0.2, 0.25) is 0 Å². The Morgan fingerprint density at radius 1 is 0.883 bits per heavy atom. The van der Waals surface area contributed by atoms with Crippen LogP contribution in [-0.2, 0) is 38.1 Å². The third-order valence-corrected chi connectivity index (χ3v) is 10.4. The number of esters is 1. The quantitative estimate of drug-likeness (QED) is 0.0734. The minimum Gasteiger partial charge on any atom is -0.461 e. The van der Waals surface area contributed by atoms with Crippen molar-refractivity contribution in [2.45, 2.75) is 129 Å². The number of hydrogen-bond donors (Lipinski definition) is 5. The van der Waals surface area contributed by atoms with Crippen molar-refractivity contribution in [1.82, 2.24) is 0 Å². The SMILES string of the molecule is CO[C@@H]1[C@H](O)[C@@H](OC)[C@H](O[C@@H](C)[C@@H](O)/C=C/C=C/C=C/C(=O)[C@@H](C)[C@@H](O)[C@H](C)[C@@H]2C/C=C/C=C/C=C/[C@H](O)C(=O)/C(C)=C/C=C/C(C)=C/[C@@H](O)/C(C)=C/CC(=O)O2)O[C@@H]1C. The first-order valence-corrected chi connectivity index (χ1v) is 20.2. The summed E-state index contributed by atoms with van der Waals surface area (Å²) in [4.78, 5) is 38.7. The molecule has 5 N–H and O–H groups in total. The molecule has 0 amide bonds. The number of cyclic esters (lactones) is 1. The molecule has 0 spiro atoms. The Balaban J connectivity index is 2.11. The number of carbonyl (C=O) groups excluding carboxylic acids is 3. The minimum atomic E-state index is -1.33. The Bertz CT molecular complexity index is 1700. The van der Waals surface area contributed by atoms with Crippen LogP contribution in [0.2, 0.25) is 0 Å². The Morgan fingerprint density at radius 3 is 2.23 bits per heavy atom. The average Bonchev–Trinajstić information content (AvgIpc) is 3.21. The second-order valence-corrected chi connectivity index (χ2v) is 15.1. The number of ether oxygens (including phenoxy) is 5. The van der Waals surface area contributed by atoms with Crippen LogP contribution in [-0.4, -0.2) is 125 Å². The van der Waals surface area contributed by atoms with E-state index in [2.05, 4.69) is 0 Å². The highest BCUT2D eigenvalue weighted by atomic mass is 16.7. The third kappa shape index (κ3) is 17.1. The van der Waals surface area contributed by atoms with Gasteiger partial charge in [0.05, 0.1) is 36.9 Å². The third-order valence-electron chi connectivity index (χ3n) is 10.4. The van der Waals surface area contributed by atoms with E-state index in [-0.39, 0.29) is 18.6 Å². The maximum atomic E-state index is 13.1. The van der Waals surface area contributed by atoms with Crippen molar-refractivity contribution in [2.24, 2.45) is 11.8 Å². The van der Waals surface area contributed by atoms with Crippen molar-refractivity contribution >= 4 is 17.5 Å². The highest BCUT2D eigenvalue weighted by molar-refractivity contribution is 5.99. The Kier molecular flexibility index (Phi) is 23.3. The highest BCUT2D eigenvalue weighted by Crippen LogP contribution is 2.27. The van der Waals surface area contributed by atoms with Crippen LogP contribution in [0.15, 0.2) is 120 Å². The fourth-order valence-electron chi connectivity index (χ4n) is 6.31. The predicted molar refractivity (Wildman–Crippen MR) is 229 cm³/mol. The molecular formula is C47H66O13. The van der Waals surface area contributed by atoms with Gasteiger partial charge in [-0.3, -0.25) is 14.4 Å². The lowest BCUT2D eigenvalue weighted by Gasteiger charge is -2.43. The van der Waals surface area contributed by atoms with Gasteiger partial charge in [0, 0.05) is 32.5 Å². The van der Waals surface area contributed by atoms with Gasteiger partial charge < -0.3 is 49.2 Å². The fourth-order valence-corrected chi connectivity index (χ4v) is 6.31. The molecule has 1 fully saturated rings. The molecule has 0 aromatic heterocycles. The van der Waals surface area contributed by atoms with E-state index in [1.807, 2.05) is 0 Å². The number of ketones is 2. The second-order valence-electron chi connectivity index (χ2n) is 15.1. The molecule has 0 saturated carbocycles. The van der Waals surface area contributed by atoms with Crippen LogP contribution in [0.25, 0.3) is 0 Å². The second kappa shape index (κ2) is 26.9. The first kappa shape index (κ1) is 52.0. The lowest BCUT2D eigenvalue weighted by atomic mass is 9.85. The van der Waals surface area contributed by atoms with Crippen LogP contribution in [0.5, 0.6) is 0 Å². The molecule has 2 aliphatic heterocycles. The number of allylic oxidation sites excluding steroid dienone is 13.